The average molecular weight is 364 g/mol. The number of hydrogen-bond acceptors (Lipinski definition) is 4. The summed E-state index contributed by atoms with van der Waals surface area (Å²) >= 11 is 11.8. The molecule has 128 valence electrons. The van der Waals surface area contributed by atoms with Gasteiger partial charge in [0, 0.05) is 5.02 Å². The summed E-state index contributed by atoms with van der Waals surface area (Å²) in [5, 5.41) is 3.15. The van der Waals surface area contributed by atoms with Crippen LogP contribution in [0.1, 0.15) is 13.8 Å². The minimum Gasteiger partial charge on any atom is -0.486 e. The van der Waals surface area contributed by atoms with Gasteiger partial charge in [0.15, 0.2) is 6.54 Å². The number of halogens is 2. The van der Waals surface area contributed by atoms with Crippen LogP contribution >= 0.6 is 23.2 Å². The molecular weight excluding hydrogens is 343 g/mol. The molecule has 23 heavy (non-hydrogen) atoms. The van der Waals surface area contributed by atoms with E-state index in [0.29, 0.717) is 35.5 Å². The van der Waals surface area contributed by atoms with Crippen molar-refractivity contribution in [3.05, 3.63) is 28.2 Å². The Morgan fingerprint density at radius 3 is 2.61 bits per heavy atom. The maximum atomic E-state index is 11.7. The zero-order chi connectivity index (χ0) is 17.2. The average Bonchev–Trinajstić information content (AvgIpc) is 2.48. The van der Waals surface area contributed by atoms with Gasteiger partial charge in [0.2, 0.25) is 0 Å². The van der Waals surface area contributed by atoms with Gasteiger partial charge in [0.1, 0.15) is 18.9 Å². The molecule has 0 heterocycles. The van der Waals surface area contributed by atoms with E-state index in [0.717, 1.165) is 4.90 Å². The molecule has 1 unspecified atom stereocenters. The lowest BCUT2D eigenvalue weighted by Crippen LogP contribution is -3.13. The van der Waals surface area contributed by atoms with Crippen molar-refractivity contribution in [3.63, 3.8) is 0 Å². The van der Waals surface area contributed by atoms with Crippen LogP contribution in [0.15, 0.2) is 18.2 Å². The Hall–Kier alpha value is -1.50. The van der Waals surface area contributed by atoms with Gasteiger partial charge in [-0.15, -0.1) is 0 Å². The fourth-order valence-electron chi connectivity index (χ4n) is 1.84. The van der Waals surface area contributed by atoms with Gasteiger partial charge in [-0.3, -0.25) is 10.1 Å². The first-order valence-electron chi connectivity index (χ1n) is 7.34. The zero-order valence-corrected chi connectivity index (χ0v) is 14.7. The van der Waals surface area contributed by atoms with E-state index >= 15 is 0 Å². The number of rotatable bonds is 8. The number of carbonyl (C=O) groups excluding carboxylic acids is 2. The van der Waals surface area contributed by atoms with E-state index in [1.54, 1.807) is 25.1 Å². The number of imide groups is 1. The Morgan fingerprint density at radius 2 is 2.00 bits per heavy atom. The molecule has 2 amide bonds. The molecule has 0 aromatic heterocycles. The van der Waals surface area contributed by atoms with Gasteiger partial charge in [-0.25, -0.2) is 4.79 Å². The van der Waals surface area contributed by atoms with Crippen molar-refractivity contribution in [1.29, 1.82) is 0 Å². The topological polar surface area (TPSA) is 69.1 Å². The van der Waals surface area contributed by atoms with Crippen LogP contribution in [0.3, 0.4) is 0 Å². The van der Waals surface area contributed by atoms with E-state index in [1.165, 1.54) is 0 Å². The van der Waals surface area contributed by atoms with Crippen LogP contribution in [0.2, 0.25) is 10.0 Å². The van der Waals surface area contributed by atoms with Crippen molar-refractivity contribution >= 4 is 35.2 Å². The summed E-state index contributed by atoms with van der Waals surface area (Å²) in [5.74, 6) is 0.160. The van der Waals surface area contributed by atoms with Crippen molar-refractivity contribution in [1.82, 2.24) is 5.32 Å². The summed E-state index contributed by atoms with van der Waals surface area (Å²) in [4.78, 5) is 23.9. The SMILES string of the molecule is CCOC(=O)NC(=O)C[NH+](CC)CCOc1ccc(Cl)cc1Cl. The van der Waals surface area contributed by atoms with Crippen molar-refractivity contribution < 1.29 is 24.0 Å². The van der Waals surface area contributed by atoms with Gasteiger partial charge in [-0.05, 0) is 32.0 Å². The van der Waals surface area contributed by atoms with Gasteiger partial charge < -0.3 is 14.4 Å². The Labute approximate surface area is 145 Å². The van der Waals surface area contributed by atoms with Crippen LogP contribution in [0.4, 0.5) is 4.79 Å². The normalized spacial score (nSPS) is 11.7. The maximum Gasteiger partial charge on any atom is 0.414 e. The third-order valence-corrected chi connectivity index (χ3v) is 3.57. The second-order valence-electron chi connectivity index (χ2n) is 4.72. The number of ether oxygens (including phenoxy) is 2. The van der Waals surface area contributed by atoms with Gasteiger partial charge in [-0.1, -0.05) is 23.2 Å². The summed E-state index contributed by atoms with van der Waals surface area (Å²) in [6.07, 6.45) is -0.725. The van der Waals surface area contributed by atoms with Crippen LogP contribution in [-0.4, -0.2) is 44.8 Å². The fraction of sp³-hybridized carbons (Fsp3) is 0.467. The summed E-state index contributed by atoms with van der Waals surface area (Å²) in [5.41, 5.74) is 0. The molecule has 0 fully saturated rings. The number of likely N-dealkylation sites (N-methyl/N-ethyl adjacent to an activating group) is 1. The van der Waals surface area contributed by atoms with E-state index in [4.69, 9.17) is 27.9 Å². The van der Waals surface area contributed by atoms with E-state index in [2.05, 4.69) is 10.1 Å². The van der Waals surface area contributed by atoms with Gasteiger partial charge >= 0.3 is 6.09 Å². The van der Waals surface area contributed by atoms with Crippen molar-refractivity contribution in [3.8, 4) is 5.75 Å². The number of alkyl carbamates (subject to hydrolysis) is 1. The van der Waals surface area contributed by atoms with E-state index in [-0.39, 0.29) is 19.1 Å². The van der Waals surface area contributed by atoms with Gasteiger partial charge in [0.05, 0.1) is 18.2 Å². The first kappa shape index (κ1) is 19.5. The summed E-state index contributed by atoms with van der Waals surface area (Å²) in [6, 6.07) is 5.00. The molecule has 1 aromatic rings. The molecule has 0 bridgehead atoms. The van der Waals surface area contributed by atoms with E-state index < -0.39 is 6.09 Å². The Balaban J connectivity index is 2.38. The lowest BCUT2D eigenvalue weighted by molar-refractivity contribution is -0.890. The molecule has 6 nitrogen and oxygen atoms in total. The van der Waals surface area contributed by atoms with Crippen molar-refractivity contribution in [2.75, 3.05) is 32.8 Å². The maximum absolute atomic E-state index is 11.7. The van der Waals surface area contributed by atoms with Crippen LogP contribution < -0.4 is 15.0 Å². The summed E-state index contributed by atoms with van der Waals surface area (Å²) < 4.78 is 10.2. The number of quaternary nitrogens is 1. The Morgan fingerprint density at radius 1 is 1.26 bits per heavy atom. The Bertz CT molecular complexity index is 540. The minimum absolute atomic E-state index is 0.160. The molecule has 0 aliphatic carbocycles. The molecule has 0 saturated heterocycles. The number of carbonyl (C=O) groups is 2. The molecule has 1 aromatic carbocycles. The Kier molecular flexibility index (Phi) is 8.76. The molecule has 1 rings (SSSR count). The highest BCUT2D eigenvalue weighted by Gasteiger charge is 2.15. The molecule has 0 spiro atoms. The minimum atomic E-state index is -0.725. The first-order chi connectivity index (χ1) is 11.0. The molecule has 0 radical (unpaired) electrons. The van der Waals surface area contributed by atoms with Crippen LogP contribution in [-0.2, 0) is 9.53 Å². The zero-order valence-electron chi connectivity index (χ0n) is 13.2. The van der Waals surface area contributed by atoms with Crippen molar-refractivity contribution in [2.45, 2.75) is 13.8 Å². The number of hydrogen-bond donors (Lipinski definition) is 2. The van der Waals surface area contributed by atoms with Gasteiger partial charge in [-0.2, -0.15) is 0 Å². The van der Waals surface area contributed by atoms with Crippen LogP contribution in [0.25, 0.3) is 0 Å². The predicted octanol–water partition coefficient (Wildman–Crippen LogP) is 1.55. The van der Waals surface area contributed by atoms with Gasteiger partial charge in [0.25, 0.3) is 5.91 Å². The molecular formula is C15H21Cl2N2O4+. The quantitative estimate of drug-likeness (QED) is 0.735. The highest BCUT2D eigenvalue weighted by Crippen LogP contribution is 2.27. The highest BCUT2D eigenvalue weighted by atomic mass is 35.5. The predicted molar refractivity (Wildman–Crippen MR) is 88.4 cm³/mol. The molecule has 2 N–H and O–H groups in total. The number of benzene rings is 1. The number of amides is 2. The monoisotopic (exact) mass is 363 g/mol. The fourth-order valence-corrected chi connectivity index (χ4v) is 2.30. The second-order valence-corrected chi connectivity index (χ2v) is 5.57. The van der Waals surface area contributed by atoms with Crippen LogP contribution in [0, 0.1) is 0 Å². The molecule has 0 aliphatic rings. The molecule has 0 saturated carbocycles. The van der Waals surface area contributed by atoms with E-state index in [9.17, 15) is 9.59 Å². The molecule has 0 aliphatic heterocycles. The summed E-state index contributed by atoms with van der Waals surface area (Å²) in [6.45, 7) is 5.69. The highest BCUT2D eigenvalue weighted by molar-refractivity contribution is 6.35. The summed E-state index contributed by atoms with van der Waals surface area (Å²) in [7, 11) is 0. The molecule has 8 heteroatoms. The third kappa shape index (κ3) is 7.54. The van der Waals surface area contributed by atoms with Crippen molar-refractivity contribution in [2.24, 2.45) is 0 Å². The van der Waals surface area contributed by atoms with E-state index in [1.807, 2.05) is 6.92 Å². The number of nitrogens with one attached hydrogen (secondary N) is 2. The first-order valence-corrected chi connectivity index (χ1v) is 8.09. The van der Waals surface area contributed by atoms with Crippen LogP contribution in [0.5, 0.6) is 5.75 Å². The standard InChI is InChI=1S/C15H20Cl2N2O4/c1-3-19(10-14(20)18-15(21)22-4-2)7-8-23-13-6-5-11(16)9-12(13)17/h5-6,9H,3-4,7-8,10H2,1-2H3,(H,18,20,21)/p+1. The lowest BCUT2D eigenvalue weighted by atomic mass is 10.3. The second kappa shape index (κ2) is 10.3. The third-order valence-electron chi connectivity index (χ3n) is 3.03. The lowest BCUT2D eigenvalue weighted by Gasteiger charge is -2.17. The molecule has 1 atom stereocenters. The largest absolute Gasteiger partial charge is 0.486 e. The smallest absolute Gasteiger partial charge is 0.414 e.